The number of thiol groups is 2. The lowest BCUT2D eigenvalue weighted by Crippen LogP contribution is -2.61. The van der Waals surface area contributed by atoms with Gasteiger partial charge in [-0.05, 0) is 142 Å². The molecule has 107 heavy (non-hydrogen) atoms. The van der Waals surface area contributed by atoms with Crippen molar-refractivity contribution in [3.63, 3.8) is 0 Å². The first-order chi connectivity index (χ1) is 51.0. The predicted molar refractivity (Wildman–Crippen MR) is 403 cm³/mol. The molecule has 578 valence electrons. The minimum absolute atomic E-state index is 0.0193. The second-order valence-corrected chi connectivity index (χ2v) is 26.6. The highest BCUT2D eigenvalue weighted by molar-refractivity contribution is 7.80. The fraction of sp³-hybridized carbons (Fsp3) is 0.411. The predicted octanol–water partition coefficient (Wildman–Crippen LogP) is -1.22. The van der Waals surface area contributed by atoms with Crippen LogP contribution in [0.3, 0.4) is 0 Å². The number of aliphatic hydroxyl groups excluding tert-OH is 1. The fourth-order valence-corrected chi connectivity index (χ4v) is 11.9. The lowest BCUT2D eigenvalue weighted by atomic mass is 10.0. The van der Waals surface area contributed by atoms with Gasteiger partial charge in [0.2, 0.25) is 65.0 Å². The number of carbonyl (C=O) groups excluding carboxylic acids is 11. The molecule has 5 aromatic carbocycles. The van der Waals surface area contributed by atoms with E-state index >= 15 is 9.59 Å². The van der Waals surface area contributed by atoms with Crippen molar-refractivity contribution in [2.45, 2.75) is 163 Å². The SMILES string of the molecule is CC[C@H](NC(=O)[C@H](CCCCN)NC(=O)[C@@H](Cc1c[nH]c2ccccc12)NC(=O)[C@H](Cc1ccc(O)cc1)NC(=O)[C@H](CS)NC(=O)[C@@H](Cc1ccccc1)NC(=O)[C@H](CCCCNC(=O)[C@@H](N)Cc1ccc(O)c(O)c1)NC(=O)[C@@H](N)Cc1ccc(O)c(O)c1)C(=O)N[C@@H](CS)C(=O)N[C@H](C(N)=O)[C@@H](C)O. The molecule has 0 spiro atoms. The molecule has 1 aromatic heterocycles. The van der Waals surface area contributed by atoms with Crippen LogP contribution in [0.2, 0.25) is 0 Å². The van der Waals surface area contributed by atoms with Crippen LogP contribution in [0.4, 0.5) is 0 Å². The number of aromatic amines is 1. The molecule has 1 heterocycles. The number of unbranched alkanes of at least 4 members (excludes halogenated alkanes) is 2. The van der Waals surface area contributed by atoms with Crippen LogP contribution in [0.15, 0.2) is 121 Å². The van der Waals surface area contributed by atoms with Crippen LogP contribution in [0.25, 0.3) is 10.9 Å². The Morgan fingerprint density at radius 1 is 0.439 bits per heavy atom. The number of phenols is 5. The van der Waals surface area contributed by atoms with E-state index in [0.717, 1.165) is 0 Å². The van der Waals surface area contributed by atoms with Crippen LogP contribution in [-0.2, 0) is 84.8 Å². The second kappa shape index (κ2) is 42.5. The molecule has 25 N–H and O–H groups in total. The summed E-state index contributed by atoms with van der Waals surface area (Å²) in [5, 5.41) is 87.0. The molecule has 0 fully saturated rings. The van der Waals surface area contributed by atoms with Gasteiger partial charge in [-0.3, -0.25) is 52.7 Å². The molecular formula is C73H97N15O17S2. The number of aliphatic hydroxyl groups is 1. The van der Waals surface area contributed by atoms with Crippen molar-refractivity contribution in [2.75, 3.05) is 24.6 Å². The van der Waals surface area contributed by atoms with E-state index < -0.39 is 155 Å². The average Bonchev–Trinajstić information content (AvgIpc) is 1.66. The summed E-state index contributed by atoms with van der Waals surface area (Å²) < 4.78 is 0. The number of rotatable bonds is 43. The molecule has 0 aliphatic rings. The molecule has 0 aliphatic carbocycles. The first kappa shape index (κ1) is 85.3. The summed E-state index contributed by atoms with van der Waals surface area (Å²) in [6, 6.07) is 13.7. The molecule has 0 saturated heterocycles. The summed E-state index contributed by atoms with van der Waals surface area (Å²) in [5.74, 6) is -12.0. The number of fused-ring (bicyclic) bond motifs is 1. The van der Waals surface area contributed by atoms with Crippen LogP contribution in [0, 0.1) is 0 Å². The zero-order valence-electron chi connectivity index (χ0n) is 59.2. The highest BCUT2D eigenvalue weighted by Crippen LogP contribution is 2.27. The normalized spacial score (nSPS) is 14.6. The van der Waals surface area contributed by atoms with Crippen molar-refractivity contribution in [1.82, 2.24) is 58.2 Å². The smallest absolute Gasteiger partial charge is 0.244 e. The van der Waals surface area contributed by atoms with Gasteiger partial charge >= 0.3 is 0 Å². The minimum atomic E-state index is -1.57. The van der Waals surface area contributed by atoms with Gasteiger partial charge in [-0.15, -0.1) is 0 Å². The van der Waals surface area contributed by atoms with E-state index in [9.17, 15) is 73.8 Å². The van der Waals surface area contributed by atoms with Gasteiger partial charge in [-0.1, -0.05) is 79.7 Å². The molecule has 6 aromatic rings. The molecule has 11 amide bonds. The van der Waals surface area contributed by atoms with Crippen LogP contribution in [0.5, 0.6) is 28.7 Å². The maximum absolute atomic E-state index is 15.1. The molecule has 0 bridgehead atoms. The van der Waals surface area contributed by atoms with Crippen molar-refractivity contribution in [2.24, 2.45) is 22.9 Å². The van der Waals surface area contributed by atoms with Gasteiger partial charge in [0.05, 0.1) is 18.2 Å². The maximum atomic E-state index is 15.1. The van der Waals surface area contributed by atoms with Gasteiger partial charge in [0, 0.05) is 54.4 Å². The Bertz CT molecular complexity index is 4020. The number of nitrogens with two attached hydrogens (primary N) is 4. The van der Waals surface area contributed by atoms with Gasteiger partial charge in [-0.25, -0.2) is 0 Å². The minimum Gasteiger partial charge on any atom is -0.508 e. The van der Waals surface area contributed by atoms with E-state index in [1.54, 1.807) is 67.7 Å². The highest BCUT2D eigenvalue weighted by Gasteiger charge is 2.37. The Morgan fingerprint density at radius 2 is 0.850 bits per heavy atom. The molecule has 0 radical (unpaired) electrons. The molecule has 6 rings (SSSR count). The Balaban J connectivity index is 1.24. The standard InChI is InChI=1S/C73H97N15O17S2/c1-3-49(66(98)86-57(38-107)73(105)88-62(39(2)89)63(77)95)80-67(99)52(17-9-11-27-74)82-71(103)55(35-44-36-79-50-16-8-7-15-46(44)50)85-69(101)54(32-41-19-23-45(90)24-20-41)84-72(104)56(37-106)87-70(102)53(31-40-13-5-4-6-14-40)83-68(100)51(81-65(97)48(76)30-43-22-26-59(92)61(94)34-43)18-10-12-28-78-64(96)47(75)29-42-21-25-58(91)60(93)33-42/h4-8,13-16,19-26,33-34,36,39,47-49,51-57,62,79,89-94,106-107H,3,9-12,17-18,27-32,35,37-38,74-76H2,1-2H3,(H2,77,95)(H,78,96)(H,80,99)(H,81,97)(H,82,103)(H,83,100)(H,84,104)(H,85,101)(H,86,98)(H,87,102)(H,88,105)/t39-,47+,48+,49+,51+,52+,53-,54+,55-,56+,57+,62+/m1/s1. The Labute approximate surface area is 628 Å². The van der Waals surface area contributed by atoms with Crippen LogP contribution >= 0.6 is 25.3 Å². The largest absolute Gasteiger partial charge is 0.508 e. The van der Waals surface area contributed by atoms with Gasteiger partial charge < -0.3 is 112 Å². The van der Waals surface area contributed by atoms with E-state index in [1.165, 1.54) is 67.6 Å². The first-order valence-corrected chi connectivity index (χ1v) is 36.1. The van der Waals surface area contributed by atoms with Gasteiger partial charge in [-0.2, -0.15) is 25.3 Å². The monoisotopic (exact) mass is 1520 g/mol. The van der Waals surface area contributed by atoms with Gasteiger partial charge in [0.15, 0.2) is 23.0 Å². The molecular weight excluding hydrogens is 1420 g/mol. The molecule has 34 heteroatoms. The second-order valence-electron chi connectivity index (χ2n) is 25.9. The number of carbonyl (C=O) groups is 11. The third-order valence-electron chi connectivity index (χ3n) is 17.5. The maximum Gasteiger partial charge on any atom is 0.244 e. The zero-order chi connectivity index (χ0) is 78.4. The number of hydrogen-bond acceptors (Lipinski definition) is 22. The number of benzene rings is 5. The number of hydrogen-bond donors (Lipinski definition) is 23. The lowest BCUT2D eigenvalue weighted by molar-refractivity contribution is -0.136. The van der Waals surface area contributed by atoms with E-state index in [2.05, 4.69) is 83.4 Å². The number of primary amides is 1. The van der Waals surface area contributed by atoms with E-state index in [0.29, 0.717) is 51.6 Å². The number of para-hydroxylation sites is 1. The Morgan fingerprint density at radius 3 is 1.35 bits per heavy atom. The molecule has 0 unspecified atom stereocenters. The quantitative estimate of drug-likeness (QED) is 0.0121. The summed E-state index contributed by atoms with van der Waals surface area (Å²) in [6.07, 6.45) is 0.404. The van der Waals surface area contributed by atoms with Crippen molar-refractivity contribution < 1.29 is 83.4 Å². The summed E-state index contributed by atoms with van der Waals surface area (Å²) >= 11 is 8.61. The molecule has 32 nitrogen and oxygen atoms in total. The van der Waals surface area contributed by atoms with Gasteiger partial charge in [0.25, 0.3) is 0 Å². The fourth-order valence-electron chi connectivity index (χ4n) is 11.4. The summed E-state index contributed by atoms with van der Waals surface area (Å²) in [5.41, 5.74) is 26.7. The third-order valence-corrected chi connectivity index (χ3v) is 18.2. The summed E-state index contributed by atoms with van der Waals surface area (Å²) in [6.45, 7) is 3.07. The van der Waals surface area contributed by atoms with Crippen LogP contribution < -0.4 is 76.1 Å². The van der Waals surface area contributed by atoms with Crippen molar-refractivity contribution >= 4 is 101 Å². The number of nitrogens with one attached hydrogen (secondary N) is 11. The molecule has 0 saturated carbocycles. The van der Waals surface area contributed by atoms with Crippen molar-refractivity contribution in [3.05, 3.63) is 149 Å². The number of aromatic nitrogens is 1. The van der Waals surface area contributed by atoms with E-state index in [4.69, 9.17) is 22.9 Å². The Hall–Kier alpha value is -10.6. The number of aromatic hydroxyl groups is 5. The van der Waals surface area contributed by atoms with E-state index in [1.807, 2.05) is 0 Å². The highest BCUT2D eigenvalue weighted by atomic mass is 32.1. The van der Waals surface area contributed by atoms with E-state index in [-0.39, 0.29) is 100 Å². The van der Waals surface area contributed by atoms with Crippen molar-refractivity contribution in [3.8, 4) is 28.7 Å². The topological polar surface area (TPSA) is 549 Å². The van der Waals surface area contributed by atoms with Crippen molar-refractivity contribution in [1.29, 1.82) is 0 Å². The van der Waals surface area contributed by atoms with Crippen LogP contribution in [0.1, 0.15) is 86.6 Å². The third kappa shape index (κ3) is 26.7. The number of H-pyrrole nitrogens is 1. The Kier molecular flexibility index (Phi) is 33.9. The van der Waals surface area contributed by atoms with Gasteiger partial charge in [0.1, 0.15) is 60.1 Å². The summed E-state index contributed by atoms with van der Waals surface area (Å²) in [7, 11) is 0. The number of amides is 11. The molecule has 0 aliphatic heterocycles. The zero-order valence-corrected chi connectivity index (χ0v) is 61.0. The first-order valence-electron chi connectivity index (χ1n) is 34.8. The molecule has 12 atom stereocenters. The lowest BCUT2D eigenvalue weighted by Gasteiger charge is -2.28. The number of phenolic OH excluding ortho intramolecular Hbond substituents is 5. The average molecular weight is 1520 g/mol. The summed E-state index contributed by atoms with van der Waals surface area (Å²) in [4.78, 5) is 158. The van der Waals surface area contributed by atoms with Crippen LogP contribution in [-0.4, -0.2) is 198 Å².